The number of rotatable bonds is 6. The van der Waals surface area contributed by atoms with Gasteiger partial charge in [0.25, 0.3) is 0 Å². The van der Waals surface area contributed by atoms with Crippen molar-refractivity contribution in [1.29, 1.82) is 0 Å². The van der Waals surface area contributed by atoms with E-state index in [1.54, 1.807) is 18.3 Å². The van der Waals surface area contributed by atoms with Crippen molar-refractivity contribution in [2.24, 2.45) is 0 Å². The molecule has 0 spiro atoms. The number of carbonyl (C=O) groups is 1. The first kappa shape index (κ1) is 24.1. The zero-order valence-electron chi connectivity index (χ0n) is 18.4. The van der Waals surface area contributed by atoms with Crippen LogP contribution in [0.2, 0.25) is 0 Å². The van der Waals surface area contributed by atoms with E-state index in [0.717, 1.165) is 12.1 Å². The minimum absolute atomic E-state index is 0.0408. The van der Waals surface area contributed by atoms with Crippen molar-refractivity contribution < 1.29 is 32.5 Å². The van der Waals surface area contributed by atoms with Crippen LogP contribution in [0.15, 0.2) is 48.9 Å². The average molecular weight is 470 g/mol. The second-order valence-corrected chi connectivity index (χ2v) is 6.53. The highest BCUT2D eigenvalue weighted by molar-refractivity contribution is 5.90. The van der Waals surface area contributed by atoms with Gasteiger partial charge >= 0.3 is 0 Å². The summed E-state index contributed by atoms with van der Waals surface area (Å²) in [4.78, 5) is 22.3. The second-order valence-electron chi connectivity index (χ2n) is 6.53. The van der Waals surface area contributed by atoms with Crippen LogP contribution in [-0.2, 0) is 0 Å². The summed E-state index contributed by atoms with van der Waals surface area (Å²) in [5, 5.41) is 0.358. The van der Waals surface area contributed by atoms with Gasteiger partial charge < -0.3 is 24.7 Å². The monoisotopic (exact) mass is 470 g/mol. The van der Waals surface area contributed by atoms with E-state index in [4.69, 9.17) is 24.7 Å². The van der Waals surface area contributed by atoms with Crippen molar-refractivity contribution in [3.05, 3.63) is 66.1 Å². The highest BCUT2D eigenvalue weighted by Crippen LogP contribution is 2.37. The van der Waals surface area contributed by atoms with Crippen LogP contribution in [0.3, 0.4) is 0 Å². The molecule has 0 radical (unpaired) electrons. The Morgan fingerprint density at radius 1 is 0.941 bits per heavy atom. The van der Waals surface area contributed by atoms with Gasteiger partial charge in [0.15, 0.2) is 23.7 Å². The van der Waals surface area contributed by atoms with Gasteiger partial charge in [-0.2, -0.15) is 4.98 Å². The molecule has 0 aliphatic rings. The third-order valence-electron chi connectivity index (χ3n) is 4.42. The normalized spacial score (nSPS) is 10.1. The van der Waals surface area contributed by atoms with Crippen LogP contribution in [0.1, 0.15) is 10.4 Å². The molecule has 0 saturated heterocycles. The number of pyridine rings is 3. The topological polar surface area (TPSA) is 119 Å². The first-order valence-electron chi connectivity index (χ1n) is 9.65. The van der Waals surface area contributed by atoms with Crippen LogP contribution < -0.4 is 24.7 Å². The molecule has 176 valence electrons. The standard InChI is InChI=1S/C16H13F2N3O3.C7H7NO2/c1-22-13-7-11-14(16(21-13)23-2)12(3-4-20-11)24-15-9(17)5-8(19)6-10(15)18;1-10-7-2-3-8-4-6(7)5-9/h3-7H,19H2,1-2H3;2-5H,1H3. The minimum Gasteiger partial charge on any atom is -0.496 e. The summed E-state index contributed by atoms with van der Waals surface area (Å²) in [5.41, 5.74) is 6.27. The van der Waals surface area contributed by atoms with Crippen LogP contribution >= 0.6 is 0 Å². The van der Waals surface area contributed by atoms with Crippen LogP contribution in [0, 0.1) is 11.6 Å². The summed E-state index contributed by atoms with van der Waals surface area (Å²) < 4.78 is 48.5. The van der Waals surface area contributed by atoms with E-state index in [1.165, 1.54) is 39.8 Å². The fourth-order valence-corrected chi connectivity index (χ4v) is 2.88. The molecule has 0 atom stereocenters. The number of aldehydes is 1. The molecule has 0 fully saturated rings. The summed E-state index contributed by atoms with van der Waals surface area (Å²) in [7, 11) is 4.37. The Labute approximate surface area is 193 Å². The predicted octanol–water partition coefficient (Wildman–Crippen LogP) is 4.20. The van der Waals surface area contributed by atoms with Crippen LogP contribution in [0.5, 0.6) is 29.0 Å². The molecule has 9 nitrogen and oxygen atoms in total. The molecule has 3 aromatic heterocycles. The summed E-state index contributed by atoms with van der Waals surface area (Å²) in [6.45, 7) is 0. The fourth-order valence-electron chi connectivity index (χ4n) is 2.88. The van der Waals surface area contributed by atoms with Crippen molar-refractivity contribution in [2.75, 3.05) is 27.1 Å². The number of benzene rings is 1. The van der Waals surface area contributed by atoms with E-state index in [-0.39, 0.29) is 23.2 Å². The Hall–Kier alpha value is -4.54. The van der Waals surface area contributed by atoms with Crippen molar-refractivity contribution in [3.63, 3.8) is 0 Å². The fraction of sp³-hybridized carbons (Fsp3) is 0.130. The number of carbonyl (C=O) groups excluding carboxylic acids is 1. The molecule has 0 saturated carbocycles. The van der Waals surface area contributed by atoms with Gasteiger partial charge in [-0.05, 0) is 12.1 Å². The van der Waals surface area contributed by atoms with Crippen molar-refractivity contribution in [1.82, 2.24) is 15.0 Å². The van der Waals surface area contributed by atoms with Gasteiger partial charge in [-0.15, -0.1) is 0 Å². The first-order chi connectivity index (χ1) is 16.4. The molecule has 0 amide bonds. The van der Waals surface area contributed by atoms with Gasteiger partial charge in [0.05, 0.1) is 32.4 Å². The molecule has 0 unspecified atom stereocenters. The lowest BCUT2D eigenvalue weighted by Gasteiger charge is -2.13. The third kappa shape index (κ3) is 5.26. The highest BCUT2D eigenvalue weighted by atomic mass is 19.1. The van der Waals surface area contributed by atoms with Crippen molar-refractivity contribution in [3.8, 4) is 29.0 Å². The second kappa shape index (κ2) is 10.9. The lowest BCUT2D eigenvalue weighted by Crippen LogP contribution is -1.99. The number of halogens is 2. The molecule has 0 aliphatic heterocycles. The maximum atomic E-state index is 14.0. The van der Waals surface area contributed by atoms with Gasteiger partial charge in [0.1, 0.15) is 16.9 Å². The van der Waals surface area contributed by atoms with Crippen LogP contribution in [0.25, 0.3) is 10.9 Å². The summed E-state index contributed by atoms with van der Waals surface area (Å²) in [6, 6.07) is 6.60. The third-order valence-corrected chi connectivity index (χ3v) is 4.42. The molecule has 4 rings (SSSR count). The zero-order valence-corrected chi connectivity index (χ0v) is 18.4. The van der Waals surface area contributed by atoms with E-state index in [1.807, 2.05) is 0 Å². The Morgan fingerprint density at radius 3 is 2.24 bits per heavy atom. The summed E-state index contributed by atoms with van der Waals surface area (Å²) in [5.74, 6) is -1.28. The average Bonchev–Trinajstić information content (AvgIpc) is 2.85. The van der Waals surface area contributed by atoms with Crippen LogP contribution in [0.4, 0.5) is 14.5 Å². The number of nitrogens with zero attached hydrogens (tertiary/aromatic N) is 3. The van der Waals surface area contributed by atoms with Gasteiger partial charge in [-0.25, -0.2) is 8.78 Å². The number of nitrogen functional groups attached to an aromatic ring is 1. The predicted molar refractivity (Wildman–Crippen MR) is 120 cm³/mol. The molecule has 0 aliphatic carbocycles. The highest BCUT2D eigenvalue weighted by Gasteiger charge is 2.18. The molecular weight excluding hydrogens is 450 g/mol. The minimum atomic E-state index is -0.919. The molecule has 1 aromatic carbocycles. The lowest BCUT2D eigenvalue weighted by atomic mass is 10.2. The van der Waals surface area contributed by atoms with Crippen molar-refractivity contribution >= 4 is 22.9 Å². The molecule has 34 heavy (non-hydrogen) atoms. The Morgan fingerprint density at radius 2 is 1.65 bits per heavy atom. The van der Waals surface area contributed by atoms with Gasteiger partial charge in [0.2, 0.25) is 11.8 Å². The van der Waals surface area contributed by atoms with Gasteiger partial charge in [-0.3, -0.25) is 14.8 Å². The maximum absolute atomic E-state index is 14.0. The number of anilines is 1. The van der Waals surface area contributed by atoms with Gasteiger partial charge in [-0.1, -0.05) is 0 Å². The molecule has 11 heteroatoms. The number of ether oxygens (including phenoxy) is 4. The largest absolute Gasteiger partial charge is 0.496 e. The quantitative estimate of drug-likeness (QED) is 0.327. The molecule has 2 N–H and O–H groups in total. The van der Waals surface area contributed by atoms with E-state index >= 15 is 0 Å². The zero-order chi connectivity index (χ0) is 24.7. The Kier molecular flexibility index (Phi) is 7.70. The smallest absolute Gasteiger partial charge is 0.229 e. The molecule has 3 heterocycles. The van der Waals surface area contributed by atoms with E-state index in [9.17, 15) is 13.6 Å². The van der Waals surface area contributed by atoms with Crippen LogP contribution in [-0.4, -0.2) is 42.6 Å². The number of fused-ring (bicyclic) bond motifs is 1. The molecule has 0 bridgehead atoms. The van der Waals surface area contributed by atoms with E-state index in [2.05, 4.69) is 15.0 Å². The SMILES string of the molecule is COc1cc2nccc(Oc3c(F)cc(N)cc3F)c2c(OC)n1.COc1ccncc1C=O. The summed E-state index contributed by atoms with van der Waals surface area (Å²) >= 11 is 0. The van der Waals surface area contributed by atoms with Crippen molar-refractivity contribution in [2.45, 2.75) is 0 Å². The molecular formula is C23H20F2N4O5. The number of aromatic nitrogens is 3. The molecule has 4 aromatic rings. The Bertz CT molecular complexity index is 1300. The van der Waals surface area contributed by atoms with E-state index in [0.29, 0.717) is 28.5 Å². The summed E-state index contributed by atoms with van der Waals surface area (Å²) in [6.07, 6.45) is 5.19. The number of hydrogen-bond donors (Lipinski definition) is 1. The lowest BCUT2D eigenvalue weighted by molar-refractivity contribution is 0.112. The maximum Gasteiger partial charge on any atom is 0.229 e. The van der Waals surface area contributed by atoms with E-state index < -0.39 is 17.4 Å². The number of methoxy groups -OCH3 is 3. The number of hydrogen-bond acceptors (Lipinski definition) is 9. The first-order valence-corrected chi connectivity index (χ1v) is 9.65. The number of nitrogens with two attached hydrogens (primary N) is 1. The van der Waals surface area contributed by atoms with Gasteiger partial charge in [0, 0.05) is 42.5 Å². The Balaban J connectivity index is 0.000000271.